The van der Waals surface area contributed by atoms with E-state index in [9.17, 15) is 24.0 Å². The summed E-state index contributed by atoms with van der Waals surface area (Å²) in [6, 6.07) is 0. The van der Waals surface area contributed by atoms with Gasteiger partial charge in [-0.25, -0.2) is 0 Å². The molecule has 10 nitrogen and oxygen atoms in total. The number of hydrogen-bond donors (Lipinski definition) is 0. The molecule has 148 valence electrons. The number of ether oxygens (including phenoxy) is 5. The largest absolute Gasteiger partial charge is 0.466 e. The van der Waals surface area contributed by atoms with Crippen LogP contribution in [0.3, 0.4) is 0 Å². The second-order valence-electron chi connectivity index (χ2n) is 5.18. The van der Waals surface area contributed by atoms with Gasteiger partial charge in [0.15, 0.2) is 18.3 Å². The molecule has 10 heteroatoms. The van der Waals surface area contributed by atoms with E-state index >= 15 is 0 Å². The minimum absolute atomic E-state index is 0.0880. The van der Waals surface area contributed by atoms with Gasteiger partial charge in [-0.2, -0.15) is 0 Å². The maximum absolute atomic E-state index is 11.8. The summed E-state index contributed by atoms with van der Waals surface area (Å²) in [5.41, 5.74) is 0. The molecular formula is C16H24O10. The molecule has 3 atom stereocenters. The second kappa shape index (κ2) is 11.8. The molecule has 0 aromatic rings. The Morgan fingerprint density at radius 2 is 1.19 bits per heavy atom. The lowest BCUT2D eigenvalue weighted by molar-refractivity contribution is -0.191. The zero-order valence-corrected chi connectivity index (χ0v) is 15.4. The van der Waals surface area contributed by atoms with E-state index in [1.807, 2.05) is 0 Å². The summed E-state index contributed by atoms with van der Waals surface area (Å²) in [4.78, 5) is 57.0. The van der Waals surface area contributed by atoms with Crippen LogP contribution < -0.4 is 0 Å². The lowest BCUT2D eigenvalue weighted by atomic mass is 10.0. The summed E-state index contributed by atoms with van der Waals surface area (Å²) in [7, 11) is 0. The molecule has 0 aliphatic rings. The van der Waals surface area contributed by atoms with Crippen LogP contribution in [-0.2, 0) is 47.7 Å². The van der Waals surface area contributed by atoms with Crippen molar-refractivity contribution in [1.82, 2.24) is 0 Å². The first-order valence-electron chi connectivity index (χ1n) is 7.87. The van der Waals surface area contributed by atoms with Crippen LogP contribution in [0.2, 0.25) is 0 Å². The average molecular weight is 376 g/mol. The summed E-state index contributed by atoms with van der Waals surface area (Å²) in [6.45, 7) is 5.61. The van der Waals surface area contributed by atoms with Crippen LogP contribution in [0.25, 0.3) is 0 Å². The van der Waals surface area contributed by atoms with Crippen LogP contribution in [0.15, 0.2) is 0 Å². The van der Waals surface area contributed by atoms with Crippen LogP contribution in [0, 0.1) is 0 Å². The summed E-state index contributed by atoms with van der Waals surface area (Å²) in [5, 5.41) is 0. The molecule has 0 fully saturated rings. The molecule has 0 aromatic carbocycles. The number of carbonyl (C=O) groups excluding carboxylic acids is 5. The minimum Gasteiger partial charge on any atom is -0.466 e. The molecule has 0 heterocycles. The van der Waals surface area contributed by atoms with Crippen molar-refractivity contribution in [3.8, 4) is 0 Å². The highest BCUT2D eigenvalue weighted by atomic mass is 16.6. The normalized spacial score (nSPS) is 13.6. The molecule has 0 saturated carbocycles. The van der Waals surface area contributed by atoms with Gasteiger partial charge in [-0.1, -0.05) is 0 Å². The van der Waals surface area contributed by atoms with Gasteiger partial charge < -0.3 is 23.7 Å². The van der Waals surface area contributed by atoms with Crippen molar-refractivity contribution < 1.29 is 47.7 Å². The van der Waals surface area contributed by atoms with E-state index in [0.29, 0.717) is 0 Å². The predicted octanol–water partition coefficient (Wildman–Crippen LogP) is 0.298. The third-order valence-corrected chi connectivity index (χ3v) is 2.79. The standard InChI is InChI=1S/C16H24O10/c1-6-22-15(21)7-13(24-10(3)18)16(26-12(5)20)14(25-11(4)19)8-23-9(2)17/h13-14,16H,6-8H2,1-5H3/t13-,14-,16+/m1/s1. The zero-order valence-electron chi connectivity index (χ0n) is 15.4. The molecule has 0 saturated heterocycles. The van der Waals surface area contributed by atoms with E-state index in [1.165, 1.54) is 0 Å². The van der Waals surface area contributed by atoms with Gasteiger partial charge in [0.25, 0.3) is 0 Å². The van der Waals surface area contributed by atoms with E-state index in [0.717, 1.165) is 27.7 Å². The average Bonchev–Trinajstić information content (AvgIpc) is 2.47. The Morgan fingerprint density at radius 1 is 0.692 bits per heavy atom. The molecule has 0 aliphatic heterocycles. The fourth-order valence-electron chi connectivity index (χ4n) is 2.01. The molecule has 0 N–H and O–H groups in total. The topological polar surface area (TPSA) is 132 Å². The van der Waals surface area contributed by atoms with Gasteiger partial charge in [-0.3, -0.25) is 24.0 Å². The molecule has 0 rings (SSSR count). The van der Waals surface area contributed by atoms with E-state index in [4.69, 9.17) is 23.7 Å². The molecule has 0 bridgehead atoms. The van der Waals surface area contributed by atoms with Crippen molar-refractivity contribution >= 4 is 29.8 Å². The maximum Gasteiger partial charge on any atom is 0.309 e. The highest BCUT2D eigenvalue weighted by molar-refractivity contribution is 5.72. The van der Waals surface area contributed by atoms with Crippen LogP contribution in [-0.4, -0.2) is 61.4 Å². The lowest BCUT2D eigenvalue weighted by Crippen LogP contribution is -2.48. The van der Waals surface area contributed by atoms with Crippen molar-refractivity contribution in [2.75, 3.05) is 13.2 Å². The Bertz CT molecular complexity index is 527. The van der Waals surface area contributed by atoms with Crippen molar-refractivity contribution in [2.24, 2.45) is 0 Å². The van der Waals surface area contributed by atoms with Crippen molar-refractivity contribution in [3.63, 3.8) is 0 Å². The van der Waals surface area contributed by atoms with E-state index in [2.05, 4.69) is 0 Å². The molecule has 26 heavy (non-hydrogen) atoms. The molecule has 0 aliphatic carbocycles. The number of esters is 5. The Hall–Kier alpha value is -2.65. The zero-order chi connectivity index (χ0) is 20.3. The highest BCUT2D eigenvalue weighted by Crippen LogP contribution is 2.18. The van der Waals surface area contributed by atoms with Gasteiger partial charge in [0.1, 0.15) is 6.61 Å². The number of hydrogen-bond acceptors (Lipinski definition) is 10. The first-order valence-corrected chi connectivity index (χ1v) is 7.87. The Labute approximate surface area is 151 Å². The molecular weight excluding hydrogens is 352 g/mol. The van der Waals surface area contributed by atoms with Crippen LogP contribution in [0.1, 0.15) is 41.0 Å². The number of rotatable bonds is 10. The minimum atomic E-state index is -1.39. The fourth-order valence-corrected chi connectivity index (χ4v) is 2.01. The lowest BCUT2D eigenvalue weighted by Gasteiger charge is -2.31. The predicted molar refractivity (Wildman–Crippen MR) is 84.5 cm³/mol. The molecule has 0 aromatic heterocycles. The first kappa shape index (κ1) is 23.4. The molecule has 0 spiro atoms. The summed E-state index contributed by atoms with van der Waals surface area (Å²) < 4.78 is 24.8. The van der Waals surface area contributed by atoms with Gasteiger partial charge >= 0.3 is 29.8 Å². The van der Waals surface area contributed by atoms with Gasteiger partial charge in [-0.15, -0.1) is 0 Å². The van der Waals surface area contributed by atoms with Crippen molar-refractivity contribution in [3.05, 3.63) is 0 Å². The second-order valence-corrected chi connectivity index (χ2v) is 5.18. The van der Waals surface area contributed by atoms with Crippen LogP contribution >= 0.6 is 0 Å². The highest BCUT2D eigenvalue weighted by Gasteiger charge is 2.39. The van der Waals surface area contributed by atoms with Gasteiger partial charge in [0.05, 0.1) is 13.0 Å². The molecule has 0 amide bonds. The summed E-state index contributed by atoms with van der Waals surface area (Å²) >= 11 is 0. The van der Waals surface area contributed by atoms with Crippen molar-refractivity contribution in [2.45, 2.75) is 59.4 Å². The number of carbonyl (C=O) groups is 5. The monoisotopic (exact) mass is 376 g/mol. The van der Waals surface area contributed by atoms with Crippen LogP contribution in [0.4, 0.5) is 0 Å². The Morgan fingerprint density at radius 3 is 1.62 bits per heavy atom. The fraction of sp³-hybridized carbons (Fsp3) is 0.688. The van der Waals surface area contributed by atoms with E-state index < -0.39 is 61.2 Å². The van der Waals surface area contributed by atoms with Gasteiger partial charge in [0, 0.05) is 27.7 Å². The maximum atomic E-state index is 11.8. The van der Waals surface area contributed by atoms with Gasteiger partial charge in [0.2, 0.25) is 0 Å². The SMILES string of the molecule is CCOC(=O)C[C@@H](OC(C)=O)[C@H](OC(C)=O)[C@@H](COC(C)=O)OC(C)=O. The third kappa shape index (κ3) is 10.3. The molecule has 0 radical (unpaired) electrons. The Kier molecular flexibility index (Phi) is 10.6. The van der Waals surface area contributed by atoms with Crippen LogP contribution in [0.5, 0.6) is 0 Å². The Balaban J connectivity index is 5.65. The van der Waals surface area contributed by atoms with E-state index in [-0.39, 0.29) is 6.61 Å². The van der Waals surface area contributed by atoms with Crippen molar-refractivity contribution in [1.29, 1.82) is 0 Å². The molecule has 0 unspecified atom stereocenters. The summed E-state index contributed by atoms with van der Waals surface area (Å²) in [5.74, 6) is -3.68. The smallest absolute Gasteiger partial charge is 0.309 e. The van der Waals surface area contributed by atoms with E-state index in [1.54, 1.807) is 6.92 Å². The quantitative estimate of drug-likeness (QED) is 0.387. The van der Waals surface area contributed by atoms with Gasteiger partial charge in [-0.05, 0) is 6.92 Å². The summed E-state index contributed by atoms with van der Waals surface area (Å²) in [6.07, 6.45) is -4.44. The first-order chi connectivity index (χ1) is 12.1. The third-order valence-electron chi connectivity index (χ3n) is 2.79.